The van der Waals surface area contributed by atoms with Crippen molar-refractivity contribution in [2.45, 2.75) is 30.8 Å². The Kier molecular flexibility index (Phi) is 3.34. The van der Waals surface area contributed by atoms with Crippen molar-refractivity contribution in [1.82, 2.24) is 10.2 Å². The molecule has 0 unspecified atom stereocenters. The topological polar surface area (TPSA) is 82.2 Å². The van der Waals surface area contributed by atoms with Crippen LogP contribution in [0.15, 0.2) is 0 Å². The van der Waals surface area contributed by atoms with Gasteiger partial charge in [-0.2, -0.15) is 5.26 Å². The Hall–Kier alpha value is -0.770. The normalized spacial score (nSPS) is 27.9. The van der Waals surface area contributed by atoms with E-state index in [1.807, 2.05) is 13.8 Å². The molecule has 2 aliphatic rings. The van der Waals surface area contributed by atoms with Gasteiger partial charge >= 0.3 is 0 Å². The van der Waals surface area contributed by atoms with Gasteiger partial charge in [0.05, 0.1) is 25.2 Å². The van der Waals surface area contributed by atoms with Gasteiger partial charge in [0.1, 0.15) is 10.9 Å². The minimum Gasteiger partial charge on any atom is -0.336 e. The maximum absolute atomic E-state index is 12.0. The smallest absolute Gasteiger partial charge is 0.239 e. The second-order valence-corrected chi connectivity index (χ2v) is 6.50. The highest BCUT2D eigenvalue weighted by molar-refractivity contribution is 8.01. The second kappa shape index (κ2) is 4.48. The van der Waals surface area contributed by atoms with Crippen molar-refractivity contribution in [2.75, 3.05) is 18.8 Å². The first-order valence-electron chi connectivity index (χ1n) is 5.83. The summed E-state index contributed by atoms with van der Waals surface area (Å²) in [6, 6.07) is 1.71. The van der Waals surface area contributed by atoms with E-state index < -0.39 is 6.04 Å². The molecule has 0 radical (unpaired) electrons. The number of nitrogens with two attached hydrogens (primary N) is 1. The van der Waals surface area contributed by atoms with Crippen molar-refractivity contribution in [2.24, 2.45) is 11.7 Å². The molecule has 2 aliphatic heterocycles. The molecule has 0 saturated carbocycles. The SMILES string of the molecule is CC(C)[C@H](N)C(=O)N1CC2(C1)N[C@H](C#N)CS2. The van der Waals surface area contributed by atoms with Crippen LogP contribution < -0.4 is 11.1 Å². The zero-order valence-electron chi connectivity index (χ0n) is 10.1. The summed E-state index contributed by atoms with van der Waals surface area (Å²) in [5.41, 5.74) is 5.84. The van der Waals surface area contributed by atoms with Crippen LogP contribution in [0.3, 0.4) is 0 Å². The van der Waals surface area contributed by atoms with Crippen molar-refractivity contribution < 1.29 is 4.79 Å². The molecule has 2 atom stereocenters. The van der Waals surface area contributed by atoms with E-state index >= 15 is 0 Å². The van der Waals surface area contributed by atoms with Gasteiger partial charge in [-0.3, -0.25) is 10.1 Å². The second-order valence-electron chi connectivity index (χ2n) is 5.10. The summed E-state index contributed by atoms with van der Waals surface area (Å²) in [7, 11) is 0. The molecule has 94 valence electrons. The molecule has 2 saturated heterocycles. The third-order valence-electron chi connectivity index (χ3n) is 3.33. The van der Waals surface area contributed by atoms with Crippen LogP contribution in [0.4, 0.5) is 0 Å². The predicted octanol–water partition coefficient (Wildman–Crippen LogP) is -0.263. The molecule has 5 nitrogen and oxygen atoms in total. The fourth-order valence-electron chi connectivity index (χ4n) is 2.12. The first kappa shape index (κ1) is 12.7. The number of hydrogen-bond donors (Lipinski definition) is 2. The third kappa shape index (κ3) is 2.28. The van der Waals surface area contributed by atoms with Crippen molar-refractivity contribution >= 4 is 17.7 Å². The minimum atomic E-state index is -0.412. The standard InChI is InChI=1S/C11H18N4OS/c1-7(2)9(13)10(16)15-5-11(6-15)14-8(3-12)4-17-11/h7-9,14H,4-6,13H2,1-2H3/t8-,9+/m1/s1. The van der Waals surface area contributed by atoms with Crippen LogP contribution in [0.5, 0.6) is 0 Å². The monoisotopic (exact) mass is 254 g/mol. The Morgan fingerprint density at radius 3 is 2.76 bits per heavy atom. The van der Waals surface area contributed by atoms with Gasteiger partial charge in [0.15, 0.2) is 0 Å². The van der Waals surface area contributed by atoms with Gasteiger partial charge in [0.25, 0.3) is 0 Å². The number of carbonyl (C=O) groups is 1. The Balaban J connectivity index is 1.87. The Bertz CT molecular complexity index is 359. The van der Waals surface area contributed by atoms with E-state index in [4.69, 9.17) is 11.0 Å². The number of thioether (sulfide) groups is 1. The molecule has 6 heteroatoms. The number of nitrogens with zero attached hydrogens (tertiary/aromatic N) is 2. The lowest BCUT2D eigenvalue weighted by atomic mass is 10.00. The largest absolute Gasteiger partial charge is 0.336 e. The Morgan fingerprint density at radius 1 is 1.65 bits per heavy atom. The summed E-state index contributed by atoms with van der Waals surface area (Å²) in [5.74, 6) is 0.984. The predicted molar refractivity (Wildman–Crippen MR) is 67.1 cm³/mol. The summed E-state index contributed by atoms with van der Waals surface area (Å²) < 4.78 is 0. The summed E-state index contributed by atoms with van der Waals surface area (Å²) >= 11 is 1.74. The highest BCUT2D eigenvalue weighted by atomic mass is 32.2. The minimum absolute atomic E-state index is 0.0217. The average Bonchev–Trinajstić information content (AvgIpc) is 2.69. The highest BCUT2D eigenvalue weighted by Crippen LogP contribution is 2.38. The lowest BCUT2D eigenvalue weighted by molar-refractivity contribution is -0.139. The van der Waals surface area contributed by atoms with Gasteiger partial charge in [-0.15, -0.1) is 11.8 Å². The quantitative estimate of drug-likeness (QED) is 0.709. The van der Waals surface area contributed by atoms with Crippen LogP contribution in [0.25, 0.3) is 0 Å². The van der Waals surface area contributed by atoms with Crippen molar-refractivity contribution in [3.8, 4) is 6.07 Å². The first-order valence-corrected chi connectivity index (χ1v) is 6.81. The number of rotatable bonds is 2. The van der Waals surface area contributed by atoms with E-state index in [0.29, 0.717) is 13.1 Å². The zero-order valence-corrected chi connectivity index (χ0v) is 11.0. The number of nitrogens with one attached hydrogen (secondary N) is 1. The van der Waals surface area contributed by atoms with E-state index in [0.717, 1.165) is 5.75 Å². The molecule has 17 heavy (non-hydrogen) atoms. The molecule has 2 fully saturated rings. The van der Waals surface area contributed by atoms with E-state index in [1.165, 1.54) is 0 Å². The van der Waals surface area contributed by atoms with Crippen LogP contribution >= 0.6 is 11.8 Å². The maximum Gasteiger partial charge on any atom is 0.239 e. The van der Waals surface area contributed by atoms with Crippen LogP contribution in [0.2, 0.25) is 0 Å². The van der Waals surface area contributed by atoms with Crippen molar-refractivity contribution in [1.29, 1.82) is 5.26 Å². The van der Waals surface area contributed by atoms with Gasteiger partial charge in [-0.25, -0.2) is 0 Å². The Morgan fingerprint density at radius 2 is 2.29 bits per heavy atom. The maximum atomic E-state index is 12.0. The first-order chi connectivity index (χ1) is 7.97. The molecule has 1 spiro atoms. The number of carbonyl (C=O) groups excluding carboxylic acids is 1. The third-order valence-corrected chi connectivity index (χ3v) is 4.76. The Labute approximate surface area is 106 Å². The number of likely N-dealkylation sites (tertiary alicyclic amines) is 1. The molecule has 0 bridgehead atoms. The summed E-state index contributed by atoms with van der Waals surface area (Å²) in [5, 5.41) is 12.1. The lowest BCUT2D eigenvalue weighted by Crippen LogP contribution is -2.69. The van der Waals surface area contributed by atoms with E-state index in [2.05, 4.69) is 11.4 Å². The summed E-state index contributed by atoms with van der Waals surface area (Å²) in [6.45, 7) is 5.23. The fraction of sp³-hybridized carbons (Fsp3) is 0.818. The van der Waals surface area contributed by atoms with Gasteiger partial charge in [-0.05, 0) is 5.92 Å². The van der Waals surface area contributed by atoms with Crippen LogP contribution in [0.1, 0.15) is 13.8 Å². The molecule has 0 aromatic heterocycles. The molecular weight excluding hydrogens is 236 g/mol. The number of nitriles is 1. The molecule has 3 N–H and O–H groups in total. The lowest BCUT2D eigenvalue weighted by Gasteiger charge is -2.48. The summed E-state index contributed by atoms with van der Waals surface area (Å²) in [6.07, 6.45) is 0. The van der Waals surface area contributed by atoms with Crippen molar-refractivity contribution in [3.63, 3.8) is 0 Å². The number of amides is 1. The van der Waals surface area contributed by atoms with Gasteiger partial charge in [0, 0.05) is 5.75 Å². The molecule has 2 rings (SSSR count). The van der Waals surface area contributed by atoms with Gasteiger partial charge in [0.2, 0.25) is 5.91 Å². The van der Waals surface area contributed by atoms with Crippen LogP contribution in [-0.2, 0) is 4.79 Å². The molecule has 1 amide bonds. The molecular formula is C11H18N4OS. The van der Waals surface area contributed by atoms with E-state index in [-0.39, 0.29) is 22.7 Å². The summed E-state index contributed by atoms with van der Waals surface area (Å²) in [4.78, 5) is 13.6. The average molecular weight is 254 g/mol. The molecule has 0 aromatic carbocycles. The van der Waals surface area contributed by atoms with Crippen LogP contribution in [-0.4, -0.2) is 46.6 Å². The fourth-order valence-corrected chi connectivity index (χ4v) is 3.48. The van der Waals surface area contributed by atoms with Crippen LogP contribution in [0, 0.1) is 17.2 Å². The van der Waals surface area contributed by atoms with E-state index in [9.17, 15) is 4.79 Å². The van der Waals surface area contributed by atoms with Gasteiger partial charge < -0.3 is 10.6 Å². The zero-order chi connectivity index (χ0) is 12.6. The number of hydrogen-bond acceptors (Lipinski definition) is 5. The van der Waals surface area contributed by atoms with E-state index in [1.54, 1.807) is 16.7 Å². The highest BCUT2D eigenvalue weighted by Gasteiger charge is 2.51. The van der Waals surface area contributed by atoms with Gasteiger partial charge in [-0.1, -0.05) is 13.8 Å². The molecule has 2 heterocycles. The molecule has 0 aliphatic carbocycles. The molecule has 0 aromatic rings. The van der Waals surface area contributed by atoms with Crippen molar-refractivity contribution in [3.05, 3.63) is 0 Å².